The molecule has 0 amide bonds. The standard InChI is InChI=1S/C20H15N3O/c1-13-4-6-14(7-5-13)19-16(3-2-10-21-19)15-8-9-18-17(11-15)20(24)23-12-22-18/h2-12H,1H3,(H,22,23,24). The highest BCUT2D eigenvalue weighted by Crippen LogP contribution is 2.31. The van der Waals surface area contributed by atoms with Crippen LogP contribution in [0.3, 0.4) is 0 Å². The second-order valence-electron chi connectivity index (χ2n) is 5.73. The zero-order valence-corrected chi connectivity index (χ0v) is 13.2. The lowest BCUT2D eigenvalue weighted by Gasteiger charge is -2.10. The molecule has 0 aliphatic carbocycles. The number of benzene rings is 2. The van der Waals surface area contributed by atoms with Gasteiger partial charge in [-0.2, -0.15) is 0 Å². The van der Waals surface area contributed by atoms with Crippen LogP contribution < -0.4 is 5.56 Å². The van der Waals surface area contributed by atoms with E-state index < -0.39 is 0 Å². The first-order valence-corrected chi connectivity index (χ1v) is 7.72. The summed E-state index contributed by atoms with van der Waals surface area (Å²) in [6, 6.07) is 17.9. The second-order valence-corrected chi connectivity index (χ2v) is 5.73. The maximum Gasteiger partial charge on any atom is 0.258 e. The fraction of sp³-hybridized carbons (Fsp3) is 0.0500. The van der Waals surface area contributed by atoms with Gasteiger partial charge in [0.15, 0.2) is 0 Å². The molecule has 0 unspecified atom stereocenters. The first-order valence-electron chi connectivity index (χ1n) is 7.72. The molecule has 4 aromatic rings. The molecule has 2 aromatic carbocycles. The third kappa shape index (κ3) is 2.48. The third-order valence-corrected chi connectivity index (χ3v) is 4.08. The predicted octanol–water partition coefficient (Wildman–Crippen LogP) is 3.96. The van der Waals surface area contributed by atoms with Crippen molar-refractivity contribution in [3.63, 3.8) is 0 Å². The fourth-order valence-corrected chi connectivity index (χ4v) is 2.82. The van der Waals surface area contributed by atoms with Crippen molar-refractivity contribution in [2.75, 3.05) is 0 Å². The van der Waals surface area contributed by atoms with Crippen LogP contribution in [0.4, 0.5) is 0 Å². The van der Waals surface area contributed by atoms with Gasteiger partial charge in [-0.25, -0.2) is 4.98 Å². The van der Waals surface area contributed by atoms with E-state index in [2.05, 4.69) is 46.1 Å². The van der Waals surface area contributed by atoms with Crippen LogP contribution in [0.25, 0.3) is 33.3 Å². The number of hydrogen-bond acceptors (Lipinski definition) is 3. The van der Waals surface area contributed by atoms with Gasteiger partial charge in [0.2, 0.25) is 0 Å². The highest BCUT2D eigenvalue weighted by molar-refractivity contribution is 5.88. The van der Waals surface area contributed by atoms with Gasteiger partial charge in [-0.1, -0.05) is 42.0 Å². The molecular weight excluding hydrogens is 298 g/mol. The van der Waals surface area contributed by atoms with E-state index in [0.29, 0.717) is 10.9 Å². The molecule has 0 aliphatic heterocycles. The first kappa shape index (κ1) is 14.3. The molecule has 0 spiro atoms. The van der Waals surface area contributed by atoms with Crippen LogP contribution in [0.2, 0.25) is 0 Å². The van der Waals surface area contributed by atoms with Crippen LogP contribution in [-0.2, 0) is 0 Å². The van der Waals surface area contributed by atoms with Crippen molar-refractivity contribution in [3.05, 3.63) is 83.0 Å². The van der Waals surface area contributed by atoms with Gasteiger partial charge < -0.3 is 4.98 Å². The minimum Gasteiger partial charge on any atom is -0.313 e. The molecule has 1 N–H and O–H groups in total. The van der Waals surface area contributed by atoms with Crippen molar-refractivity contribution in [2.24, 2.45) is 0 Å². The zero-order chi connectivity index (χ0) is 16.5. The topological polar surface area (TPSA) is 58.6 Å². The normalized spacial score (nSPS) is 10.9. The molecule has 2 aromatic heterocycles. The Bertz CT molecular complexity index is 1080. The quantitative estimate of drug-likeness (QED) is 0.609. The van der Waals surface area contributed by atoms with Gasteiger partial charge in [-0.3, -0.25) is 9.78 Å². The van der Waals surface area contributed by atoms with Crippen molar-refractivity contribution in [2.45, 2.75) is 6.92 Å². The average Bonchev–Trinajstić information content (AvgIpc) is 2.63. The lowest BCUT2D eigenvalue weighted by atomic mass is 9.98. The summed E-state index contributed by atoms with van der Waals surface area (Å²) in [4.78, 5) is 23.4. The SMILES string of the molecule is Cc1ccc(-c2ncccc2-c2ccc3nc[nH]c(=O)c3c2)cc1. The number of pyridine rings is 1. The van der Waals surface area contributed by atoms with E-state index in [1.807, 2.05) is 30.3 Å². The largest absolute Gasteiger partial charge is 0.313 e. The number of H-pyrrole nitrogens is 1. The van der Waals surface area contributed by atoms with Gasteiger partial charge in [0.05, 0.1) is 22.9 Å². The van der Waals surface area contributed by atoms with Gasteiger partial charge in [0.1, 0.15) is 0 Å². The summed E-state index contributed by atoms with van der Waals surface area (Å²) < 4.78 is 0. The molecule has 2 heterocycles. The van der Waals surface area contributed by atoms with E-state index in [9.17, 15) is 4.79 Å². The summed E-state index contributed by atoms with van der Waals surface area (Å²) >= 11 is 0. The minimum absolute atomic E-state index is 0.136. The predicted molar refractivity (Wildman–Crippen MR) is 95.8 cm³/mol. The molecule has 4 rings (SSSR count). The molecule has 24 heavy (non-hydrogen) atoms. The van der Waals surface area contributed by atoms with Crippen LogP contribution in [0.15, 0.2) is 71.9 Å². The number of fused-ring (bicyclic) bond motifs is 1. The molecular formula is C20H15N3O. The smallest absolute Gasteiger partial charge is 0.258 e. The highest BCUT2D eigenvalue weighted by Gasteiger charge is 2.10. The van der Waals surface area contributed by atoms with Gasteiger partial charge in [-0.05, 0) is 30.7 Å². The number of aryl methyl sites for hydroxylation is 1. The Morgan fingerprint density at radius 1 is 0.917 bits per heavy atom. The Balaban J connectivity index is 1.93. The number of nitrogens with zero attached hydrogens (tertiary/aromatic N) is 2. The van der Waals surface area contributed by atoms with E-state index in [4.69, 9.17) is 0 Å². The Kier molecular flexibility index (Phi) is 3.43. The van der Waals surface area contributed by atoms with Crippen LogP contribution in [0.1, 0.15) is 5.56 Å². The van der Waals surface area contributed by atoms with Crippen LogP contribution in [0.5, 0.6) is 0 Å². The summed E-state index contributed by atoms with van der Waals surface area (Å²) in [5.41, 5.74) is 5.65. The fourth-order valence-electron chi connectivity index (χ4n) is 2.82. The number of nitrogens with one attached hydrogen (secondary N) is 1. The molecule has 0 saturated heterocycles. The molecule has 0 saturated carbocycles. The van der Waals surface area contributed by atoms with Crippen molar-refractivity contribution >= 4 is 10.9 Å². The van der Waals surface area contributed by atoms with Gasteiger partial charge >= 0.3 is 0 Å². The summed E-state index contributed by atoms with van der Waals surface area (Å²) in [7, 11) is 0. The number of hydrogen-bond donors (Lipinski definition) is 1. The van der Waals surface area contributed by atoms with Crippen LogP contribution in [-0.4, -0.2) is 15.0 Å². The van der Waals surface area contributed by atoms with Crippen molar-refractivity contribution in [1.29, 1.82) is 0 Å². The highest BCUT2D eigenvalue weighted by atomic mass is 16.1. The van der Waals surface area contributed by atoms with Crippen LogP contribution in [0, 0.1) is 6.92 Å². The lowest BCUT2D eigenvalue weighted by molar-refractivity contribution is 1.17. The number of aromatic nitrogens is 3. The lowest BCUT2D eigenvalue weighted by Crippen LogP contribution is -2.06. The number of rotatable bonds is 2. The van der Waals surface area contributed by atoms with E-state index in [0.717, 1.165) is 22.4 Å². The molecule has 0 bridgehead atoms. The van der Waals surface area contributed by atoms with E-state index in [1.54, 1.807) is 6.20 Å². The molecule has 0 fully saturated rings. The molecule has 0 aliphatic rings. The van der Waals surface area contributed by atoms with Crippen LogP contribution >= 0.6 is 0 Å². The Morgan fingerprint density at radius 3 is 2.54 bits per heavy atom. The monoisotopic (exact) mass is 313 g/mol. The van der Waals surface area contributed by atoms with E-state index in [1.165, 1.54) is 11.9 Å². The molecule has 0 radical (unpaired) electrons. The Labute approximate surface area is 138 Å². The maximum atomic E-state index is 12.0. The first-order chi connectivity index (χ1) is 11.7. The van der Waals surface area contributed by atoms with Gasteiger partial charge in [0, 0.05) is 17.3 Å². The average molecular weight is 313 g/mol. The van der Waals surface area contributed by atoms with Gasteiger partial charge in [0.25, 0.3) is 5.56 Å². The Morgan fingerprint density at radius 2 is 1.71 bits per heavy atom. The van der Waals surface area contributed by atoms with Gasteiger partial charge in [-0.15, -0.1) is 0 Å². The summed E-state index contributed by atoms with van der Waals surface area (Å²) in [5.74, 6) is 0. The summed E-state index contributed by atoms with van der Waals surface area (Å²) in [5, 5.41) is 0.578. The van der Waals surface area contributed by atoms with E-state index in [-0.39, 0.29) is 5.56 Å². The van der Waals surface area contributed by atoms with Crippen molar-refractivity contribution in [3.8, 4) is 22.4 Å². The second kappa shape index (κ2) is 5.74. The van der Waals surface area contributed by atoms with E-state index >= 15 is 0 Å². The minimum atomic E-state index is -0.136. The van der Waals surface area contributed by atoms with Crippen molar-refractivity contribution in [1.82, 2.24) is 15.0 Å². The maximum absolute atomic E-state index is 12.0. The summed E-state index contributed by atoms with van der Waals surface area (Å²) in [6.07, 6.45) is 3.21. The summed E-state index contributed by atoms with van der Waals surface area (Å²) in [6.45, 7) is 2.06. The molecule has 4 heteroatoms. The zero-order valence-electron chi connectivity index (χ0n) is 13.2. The molecule has 116 valence electrons. The molecule has 0 atom stereocenters. The molecule has 4 nitrogen and oxygen atoms in total. The third-order valence-electron chi connectivity index (χ3n) is 4.08. The number of aromatic amines is 1. The Hall–Kier alpha value is -3.27. The van der Waals surface area contributed by atoms with Crippen molar-refractivity contribution < 1.29 is 0 Å².